The fourth-order valence-corrected chi connectivity index (χ4v) is 6.84. The molecule has 52 heavy (non-hydrogen) atoms. The smallest absolute Gasteiger partial charge is 0.410 e. The molecule has 0 radical (unpaired) electrons. The van der Waals surface area contributed by atoms with Crippen molar-refractivity contribution in [3.63, 3.8) is 0 Å². The lowest BCUT2D eigenvalue weighted by molar-refractivity contribution is 0.0681. The van der Waals surface area contributed by atoms with Crippen molar-refractivity contribution >= 4 is 68.9 Å². The second-order valence-corrected chi connectivity index (χ2v) is 13.6. The van der Waals surface area contributed by atoms with Gasteiger partial charge in [-0.05, 0) is 66.4 Å². The Morgan fingerprint density at radius 2 is 1.75 bits per heavy atom. The number of fused-ring (bicyclic) bond motifs is 1. The highest BCUT2D eigenvalue weighted by atomic mass is 35.5. The first kappa shape index (κ1) is 35.2. The maximum atomic E-state index is 13.9. The Labute approximate surface area is 314 Å². The Hall–Kier alpha value is -5.25. The number of carbonyl (C=O) groups excluding carboxylic acids is 1. The molecular formula is C38H32Cl3FN8O2. The molecule has 10 nitrogen and oxygen atoms in total. The van der Waals surface area contributed by atoms with Crippen LogP contribution < -0.4 is 21.6 Å². The van der Waals surface area contributed by atoms with E-state index in [0.717, 1.165) is 29.7 Å². The Kier molecular flexibility index (Phi) is 10.5. The molecule has 1 aromatic heterocycles. The van der Waals surface area contributed by atoms with Crippen LogP contribution in [0.2, 0.25) is 15.1 Å². The van der Waals surface area contributed by atoms with Crippen LogP contribution in [-0.4, -0.2) is 40.1 Å². The summed E-state index contributed by atoms with van der Waals surface area (Å²) < 4.78 is 19.5. The van der Waals surface area contributed by atoms with Crippen LogP contribution in [0, 0.1) is 17.1 Å². The van der Waals surface area contributed by atoms with Gasteiger partial charge in [0.1, 0.15) is 18.5 Å². The minimum absolute atomic E-state index is 0.0556. The van der Waals surface area contributed by atoms with Gasteiger partial charge in [0, 0.05) is 53.3 Å². The summed E-state index contributed by atoms with van der Waals surface area (Å²) in [7, 11) is 0. The van der Waals surface area contributed by atoms with Crippen LogP contribution in [0.15, 0.2) is 103 Å². The fourth-order valence-electron chi connectivity index (χ4n) is 6.27. The van der Waals surface area contributed by atoms with Crippen molar-refractivity contribution in [3.05, 3.63) is 141 Å². The van der Waals surface area contributed by atoms with Crippen LogP contribution in [0.1, 0.15) is 35.6 Å². The van der Waals surface area contributed by atoms with E-state index in [0.29, 0.717) is 51.1 Å². The van der Waals surface area contributed by atoms with Crippen LogP contribution in [0.3, 0.4) is 0 Å². The maximum Gasteiger partial charge on any atom is 0.410 e. The highest BCUT2D eigenvalue weighted by Crippen LogP contribution is 2.37. The third kappa shape index (κ3) is 7.81. The van der Waals surface area contributed by atoms with Gasteiger partial charge >= 0.3 is 6.09 Å². The van der Waals surface area contributed by atoms with Gasteiger partial charge in [-0.2, -0.15) is 5.26 Å². The molecule has 7 rings (SSSR count). The Bertz CT molecular complexity index is 2170. The molecular weight excluding hydrogens is 726 g/mol. The minimum atomic E-state index is -0.553. The Balaban J connectivity index is 1.12. The van der Waals surface area contributed by atoms with Crippen molar-refractivity contribution in [1.82, 2.24) is 25.9 Å². The number of hydrogen-bond donors (Lipinski definition) is 4. The van der Waals surface area contributed by atoms with Crippen LogP contribution in [0.4, 0.5) is 26.2 Å². The number of nitrogens with one attached hydrogen (secondary N) is 4. The van der Waals surface area contributed by atoms with E-state index in [1.54, 1.807) is 11.0 Å². The number of hydrogen-bond acceptors (Lipinski definition) is 9. The monoisotopic (exact) mass is 756 g/mol. The molecule has 0 bridgehead atoms. The molecule has 264 valence electrons. The van der Waals surface area contributed by atoms with Gasteiger partial charge in [-0.25, -0.2) is 9.18 Å². The molecule has 0 spiro atoms. The molecule has 14 heteroatoms. The predicted molar refractivity (Wildman–Crippen MR) is 201 cm³/mol. The number of likely N-dealkylation sites (tertiary alicyclic amines) is 1. The van der Waals surface area contributed by atoms with Gasteiger partial charge in [0.15, 0.2) is 0 Å². The van der Waals surface area contributed by atoms with Crippen LogP contribution in [0.25, 0.3) is 10.9 Å². The van der Waals surface area contributed by atoms with E-state index < -0.39 is 11.9 Å². The lowest BCUT2D eigenvalue weighted by atomic mass is 10.0. The molecule has 0 aliphatic carbocycles. The summed E-state index contributed by atoms with van der Waals surface area (Å²) in [5, 5.41) is 20.3. The van der Waals surface area contributed by atoms with Crippen molar-refractivity contribution in [2.24, 2.45) is 0 Å². The highest BCUT2D eigenvalue weighted by Gasteiger charge is 2.31. The number of pyridine rings is 1. The van der Waals surface area contributed by atoms with Crippen LogP contribution in [0.5, 0.6) is 0 Å². The van der Waals surface area contributed by atoms with Crippen molar-refractivity contribution in [1.29, 1.82) is 5.26 Å². The number of amides is 1. The second-order valence-electron chi connectivity index (χ2n) is 12.4. The molecule has 3 heterocycles. The van der Waals surface area contributed by atoms with Crippen molar-refractivity contribution in [3.8, 4) is 6.07 Å². The van der Waals surface area contributed by atoms with E-state index in [1.165, 1.54) is 24.4 Å². The van der Waals surface area contributed by atoms with Gasteiger partial charge in [0.25, 0.3) is 0 Å². The molecule has 1 fully saturated rings. The summed E-state index contributed by atoms with van der Waals surface area (Å²) in [5.41, 5.74) is 11.6. The topological polar surface area (TPSA) is 118 Å². The van der Waals surface area contributed by atoms with Gasteiger partial charge in [-0.3, -0.25) is 9.99 Å². The van der Waals surface area contributed by atoms with Gasteiger partial charge in [0.2, 0.25) is 0 Å². The number of piperidine rings is 1. The average molecular weight is 758 g/mol. The van der Waals surface area contributed by atoms with E-state index in [1.807, 2.05) is 71.9 Å². The Morgan fingerprint density at radius 1 is 1.00 bits per heavy atom. The number of anilines is 3. The molecule has 1 atom stereocenters. The number of aromatic nitrogens is 1. The summed E-state index contributed by atoms with van der Waals surface area (Å²) in [6.07, 6.45) is 4.62. The zero-order chi connectivity index (χ0) is 36.2. The molecule has 4 aromatic carbocycles. The number of halogens is 4. The summed E-state index contributed by atoms with van der Waals surface area (Å²) in [6, 6.07) is 26.9. The van der Waals surface area contributed by atoms with Crippen LogP contribution in [-0.2, 0) is 11.3 Å². The van der Waals surface area contributed by atoms with Gasteiger partial charge in [-0.1, -0.05) is 77.3 Å². The normalized spacial score (nSPS) is 15.1. The lowest BCUT2D eigenvalue weighted by Gasteiger charge is -2.35. The third-order valence-corrected chi connectivity index (χ3v) is 9.82. The van der Waals surface area contributed by atoms with Crippen molar-refractivity contribution < 1.29 is 13.9 Å². The summed E-state index contributed by atoms with van der Waals surface area (Å²) in [5.74, 6) is -0.553. The largest absolute Gasteiger partial charge is 0.445 e. The number of carbonyl (C=O) groups is 1. The summed E-state index contributed by atoms with van der Waals surface area (Å²) >= 11 is 19.1. The minimum Gasteiger partial charge on any atom is -0.445 e. The number of nitriles is 1. The number of rotatable bonds is 9. The maximum absolute atomic E-state index is 13.9. The molecule has 4 N–H and O–H groups in total. The van der Waals surface area contributed by atoms with Gasteiger partial charge in [0.05, 0.1) is 38.6 Å². The molecule has 2 aliphatic rings. The Morgan fingerprint density at radius 3 is 2.48 bits per heavy atom. The number of nitrogens with zero attached hydrogens (tertiary/aromatic N) is 4. The van der Waals surface area contributed by atoms with Crippen molar-refractivity contribution in [2.45, 2.75) is 31.5 Å². The van der Waals surface area contributed by atoms with E-state index >= 15 is 0 Å². The van der Waals surface area contributed by atoms with E-state index in [9.17, 15) is 14.4 Å². The second kappa shape index (κ2) is 15.6. The van der Waals surface area contributed by atoms with Crippen LogP contribution >= 0.6 is 34.8 Å². The first-order valence-electron chi connectivity index (χ1n) is 16.5. The van der Waals surface area contributed by atoms with E-state index in [2.05, 4.69) is 32.6 Å². The first-order chi connectivity index (χ1) is 25.2. The molecule has 1 saturated heterocycles. The quantitative estimate of drug-likeness (QED) is 0.117. The highest BCUT2D eigenvalue weighted by molar-refractivity contribution is 6.36. The average Bonchev–Trinajstić information content (AvgIpc) is 3.66. The standard InChI is InChI=1S/C38H32Cl3FN8O2/c39-26-8-6-24(7-9-26)36(34-21-50(48-47-34)29-12-14-49(15-13-29)38(51)52-22-23-4-2-1-3-5-23)46-28-16-30-35(45-27-10-11-33(42)31(40)17-27)25(19-43)20-44-37(30)32(41)18-28/h1-11,16-18,20-21,29,36,46-48H,12-15,22H2,(H,44,45)/t36-/m1/s1. The molecule has 0 unspecified atom stereocenters. The number of hydrazine groups is 2. The molecule has 5 aromatic rings. The van der Waals surface area contributed by atoms with E-state index in [4.69, 9.17) is 39.5 Å². The summed E-state index contributed by atoms with van der Waals surface area (Å²) in [6.45, 7) is 1.36. The van der Waals surface area contributed by atoms with E-state index in [-0.39, 0.29) is 29.3 Å². The molecule has 1 amide bonds. The predicted octanol–water partition coefficient (Wildman–Crippen LogP) is 9.07. The number of ether oxygens (including phenoxy) is 1. The summed E-state index contributed by atoms with van der Waals surface area (Å²) in [4.78, 5) is 19.0. The SMILES string of the molecule is N#Cc1cnc2c(Cl)cc(N[C@@H](C3=CN(C4CCN(C(=O)OCc5ccccc5)CC4)NN3)c3ccc(Cl)cc3)cc2c1Nc1ccc(F)c(Cl)c1. The first-order valence-corrected chi connectivity index (χ1v) is 17.6. The zero-order valence-corrected chi connectivity index (χ0v) is 29.8. The molecule has 0 saturated carbocycles. The van der Waals surface area contributed by atoms with Gasteiger partial charge in [-0.15, -0.1) is 5.53 Å². The number of benzene rings is 4. The third-order valence-electron chi connectivity index (χ3n) is 8.99. The van der Waals surface area contributed by atoms with Gasteiger partial charge < -0.3 is 25.7 Å². The molecule has 2 aliphatic heterocycles. The van der Waals surface area contributed by atoms with Crippen molar-refractivity contribution in [2.75, 3.05) is 23.7 Å². The lowest BCUT2D eigenvalue weighted by Crippen LogP contribution is -2.49. The zero-order valence-electron chi connectivity index (χ0n) is 27.5. The fraction of sp³-hybridized carbons (Fsp3) is 0.184.